The monoisotopic (exact) mass is 387 g/mol. The third kappa shape index (κ3) is 3.68. The van der Waals surface area contributed by atoms with Gasteiger partial charge in [-0.15, -0.1) is 0 Å². The Kier molecular flexibility index (Phi) is 5.73. The van der Waals surface area contributed by atoms with Crippen molar-refractivity contribution in [3.63, 3.8) is 0 Å². The van der Waals surface area contributed by atoms with Crippen LogP contribution in [0.5, 0.6) is 0 Å². The second kappa shape index (κ2) is 8.59. The van der Waals surface area contributed by atoms with Gasteiger partial charge in [-0.2, -0.15) is 5.26 Å². The van der Waals surface area contributed by atoms with Crippen LogP contribution in [0.1, 0.15) is 48.3 Å². The van der Waals surface area contributed by atoms with Gasteiger partial charge in [-0.05, 0) is 60.1 Å². The maximum atomic E-state index is 12.9. The summed E-state index contributed by atoms with van der Waals surface area (Å²) in [6, 6.07) is 13.1. The van der Waals surface area contributed by atoms with E-state index in [4.69, 9.17) is 0 Å². The largest absolute Gasteiger partial charge is 0.394 e. The fraction of sp³-hybridized carbons (Fsp3) is 0.375. The average Bonchev–Trinajstić information content (AvgIpc) is 2.75. The summed E-state index contributed by atoms with van der Waals surface area (Å²) in [5.41, 5.74) is 4.41. The number of hydrogen-bond donors (Lipinski definition) is 1. The van der Waals surface area contributed by atoms with Crippen molar-refractivity contribution >= 4 is 11.5 Å². The molecule has 0 saturated carbocycles. The van der Waals surface area contributed by atoms with Crippen molar-refractivity contribution < 1.29 is 9.90 Å². The second-order valence-electron chi connectivity index (χ2n) is 7.75. The van der Waals surface area contributed by atoms with Crippen LogP contribution in [0.4, 0.5) is 0 Å². The van der Waals surface area contributed by atoms with Gasteiger partial charge in [-0.3, -0.25) is 9.78 Å². The zero-order valence-electron chi connectivity index (χ0n) is 16.4. The molecule has 2 heterocycles. The molecule has 148 valence electrons. The number of rotatable bonds is 5. The van der Waals surface area contributed by atoms with E-state index in [-0.39, 0.29) is 30.9 Å². The molecular formula is C24H25N3O2. The number of allylic oxidation sites excluding steroid dienone is 2. The van der Waals surface area contributed by atoms with Crippen LogP contribution in [-0.4, -0.2) is 39.6 Å². The van der Waals surface area contributed by atoms with Gasteiger partial charge in [0.15, 0.2) is 0 Å². The summed E-state index contributed by atoms with van der Waals surface area (Å²) >= 11 is 0. The molecule has 4 rings (SSSR count). The molecule has 0 radical (unpaired) electrons. The number of nitrogens with zero attached hydrogens (tertiary/aromatic N) is 3. The maximum Gasteiger partial charge on any atom is 0.228 e. The predicted molar refractivity (Wildman–Crippen MR) is 111 cm³/mol. The van der Waals surface area contributed by atoms with Crippen molar-refractivity contribution in [1.82, 2.24) is 9.88 Å². The lowest BCUT2D eigenvalue weighted by Gasteiger charge is -2.52. The number of carbonyl (C=O) groups is 1. The molecule has 1 N–H and O–H groups in total. The summed E-state index contributed by atoms with van der Waals surface area (Å²) in [6.07, 6.45) is 10.3. The van der Waals surface area contributed by atoms with Crippen LogP contribution in [0.25, 0.3) is 5.57 Å². The number of nitriles is 1. The van der Waals surface area contributed by atoms with Gasteiger partial charge in [0, 0.05) is 18.3 Å². The number of aliphatic hydroxyl groups is 1. The molecule has 1 aliphatic carbocycles. The number of carbonyl (C=O) groups excluding carboxylic acids is 1. The second-order valence-corrected chi connectivity index (χ2v) is 7.75. The van der Waals surface area contributed by atoms with E-state index in [0.29, 0.717) is 0 Å². The lowest BCUT2D eigenvalue weighted by atomic mass is 9.72. The van der Waals surface area contributed by atoms with Crippen LogP contribution in [0, 0.1) is 11.3 Å². The van der Waals surface area contributed by atoms with E-state index in [9.17, 15) is 15.2 Å². The van der Waals surface area contributed by atoms with Crippen molar-refractivity contribution in [1.29, 1.82) is 5.26 Å². The molecule has 3 atom stereocenters. The Morgan fingerprint density at radius 2 is 2.00 bits per heavy atom. The molecule has 0 spiro atoms. The van der Waals surface area contributed by atoms with E-state index < -0.39 is 6.04 Å². The van der Waals surface area contributed by atoms with Crippen molar-refractivity contribution in [3.8, 4) is 6.07 Å². The Labute approximate surface area is 171 Å². The molecule has 5 heteroatoms. The van der Waals surface area contributed by atoms with Crippen LogP contribution in [-0.2, 0) is 11.2 Å². The number of likely N-dealkylation sites (tertiary alicyclic amines) is 1. The zero-order valence-corrected chi connectivity index (χ0v) is 16.4. The molecule has 1 amide bonds. The number of amides is 1. The quantitative estimate of drug-likeness (QED) is 0.852. The lowest BCUT2D eigenvalue weighted by Crippen LogP contribution is -2.65. The number of benzene rings is 1. The summed E-state index contributed by atoms with van der Waals surface area (Å²) in [4.78, 5) is 18.5. The van der Waals surface area contributed by atoms with Crippen LogP contribution in [0.2, 0.25) is 0 Å². The van der Waals surface area contributed by atoms with Crippen molar-refractivity contribution in [3.05, 3.63) is 71.6 Å². The fourth-order valence-corrected chi connectivity index (χ4v) is 4.65. The third-order valence-corrected chi connectivity index (χ3v) is 6.08. The van der Waals surface area contributed by atoms with Crippen molar-refractivity contribution in [2.75, 3.05) is 6.61 Å². The summed E-state index contributed by atoms with van der Waals surface area (Å²) in [7, 11) is 0. The first-order chi connectivity index (χ1) is 14.2. The molecule has 29 heavy (non-hydrogen) atoms. The van der Waals surface area contributed by atoms with Gasteiger partial charge in [-0.25, -0.2) is 0 Å². The first kappa shape index (κ1) is 19.4. The molecule has 0 bridgehead atoms. The Hall–Kier alpha value is -2.97. The molecule has 5 nitrogen and oxygen atoms in total. The Morgan fingerprint density at radius 1 is 1.21 bits per heavy atom. The molecule has 1 fully saturated rings. The van der Waals surface area contributed by atoms with Gasteiger partial charge < -0.3 is 10.0 Å². The molecule has 1 aromatic carbocycles. The Balaban J connectivity index is 1.62. The highest BCUT2D eigenvalue weighted by Gasteiger charge is 2.52. The minimum atomic E-state index is -0.563. The first-order valence-electron chi connectivity index (χ1n) is 10.2. The van der Waals surface area contributed by atoms with Gasteiger partial charge in [0.05, 0.1) is 25.1 Å². The van der Waals surface area contributed by atoms with Gasteiger partial charge in [0.25, 0.3) is 0 Å². The number of aromatic nitrogens is 1. The maximum absolute atomic E-state index is 12.9. The van der Waals surface area contributed by atoms with E-state index in [0.717, 1.165) is 29.5 Å². The van der Waals surface area contributed by atoms with Crippen LogP contribution in [0.15, 0.2) is 54.9 Å². The SMILES string of the molecule is N#C[C@H]1[C@H](c2ccccc2C2=CCCCC2)[C@@H](CO)N1C(=O)Cc1ccncc1. The standard InChI is InChI=1S/C24H25N3O2/c25-15-21-24(20-9-5-4-8-19(20)18-6-2-1-3-7-18)22(16-28)27(21)23(29)14-17-10-12-26-13-11-17/h4-6,8-13,21-22,24,28H,1-3,7,14,16H2/t21-,22+,24-/m0/s1. The minimum Gasteiger partial charge on any atom is -0.394 e. The molecule has 2 aromatic rings. The predicted octanol–water partition coefficient (Wildman–Crippen LogP) is 3.46. The number of aliphatic hydroxyl groups excluding tert-OH is 1. The van der Waals surface area contributed by atoms with Crippen LogP contribution < -0.4 is 0 Å². The first-order valence-corrected chi connectivity index (χ1v) is 10.2. The molecule has 0 unspecified atom stereocenters. The highest BCUT2D eigenvalue weighted by atomic mass is 16.3. The smallest absolute Gasteiger partial charge is 0.228 e. The molecular weight excluding hydrogens is 362 g/mol. The average molecular weight is 387 g/mol. The van der Waals surface area contributed by atoms with Gasteiger partial charge in [-0.1, -0.05) is 30.3 Å². The van der Waals surface area contributed by atoms with Gasteiger partial charge in [0.1, 0.15) is 6.04 Å². The van der Waals surface area contributed by atoms with Crippen molar-refractivity contribution in [2.24, 2.45) is 0 Å². The van der Waals surface area contributed by atoms with E-state index >= 15 is 0 Å². The van der Waals surface area contributed by atoms with E-state index in [1.54, 1.807) is 29.4 Å². The van der Waals surface area contributed by atoms with E-state index in [2.05, 4.69) is 23.2 Å². The number of pyridine rings is 1. The highest BCUT2D eigenvalue weighted by Crippen LogP contribution is 2.44. The fourth-order valence-electron chi connectivity index (χ4n) is 4.65. The summed E-state index contributed by atoms with van der Waals surface area (Å²) in [5.74, 6) is -0.308. The van der Waals surface area contributed by atoms with Crippen LogP contribution in [0.3, 0.4) is 0 Å². The molecule has 1 saturated heterocycles. The molecule has 1 aliphatic heterocycles. The molecule has 2 aliphatic rings. The lowest BCUT2D eigenvalue weighted by molar-refractivity contribution is -0.146. The summed E-state index contributed by atoms with van der Waals surface area (Å²) < 4.78 is 0. The normalized spacial score (nSPS) is 23.7. The summed E-state index contributed by atoms with van der Waals surface area (Å²) in [5, 5.41) is 20.0. The van der Waals surface area contributed by atoms with E-state index in [1.165, 1.54) is 18.4 Å². The minimum absolute atomic E-state index is 0.132. The van der Waals surface area contributed by atoms with E-state index in [1.807, 2.05) is 18.2 Å². The van der Waals surface area contributed by atoms with Gasteiger partial charge >= 0.3 is 0 Å². The van der Waals surface area contributed by atoms with Gasteiger partial charge in [0.2, 0.25) is 5.91 Å². The Bertz CT molecular complexity index is 948. The summed E-state index contributed by atoms with van der Waals surface area (Å²) in [6.45, 7) is -0.154. The topological polar surface area (TPSA) is 77.2 Å². The van der Waals surface area contributed by atoms with Crippen molar-refractivity contribution in [2.45, 2.75) is 50.1 Å². The third-order valence-electron chi connectivity index (χ3n) is 6.08. The molecule has 1 aromatic heterocycles. The van der Waals surface area contributed by atoms with Crippen LogP contribution >= 0.6 is 0 Å². The zero-order chi connectivity index (χ0) is 20.2. The number of hydrogen-bond acceptors (Lipinski definition) is 4. The highest BCUT2D eigenvalue weighted by molar-refractivity contribution is 5.82. The Morgan fingerprint density at radius 3 is 2.69 bits per heavy atom.